The molecule has 1 fully saturated rings. The molecule has 2 unspecified atom stereocenters. The summed E-state index contributed by atoms with van der Waals surface area (Å²) in [6, 6.07) is 3.48. The Morgan fingerprint density at radius 2 is 2.05 bits per heavy atom. The van der Waals surface area contributed by atoms with Crippen LogP contribution in [0.5, 0.6) is 5.75 Å². The van der Waals surface area contributed by atoms with Gasteiger partial charge in [0, 0.05) is 17.8 Å². The van der Waals surface area contributed by atoms with Crippen molar-refractivity contribution in [2.45, 2.75) is 59.0 Å². The second-order valence-corrected chi connectivity index (χ2v) is 7.56. The molecule has 0 aromatic carbocycles. The Hall–Kier alpha value is -1.13. The van der Waals surface area contributed by atoms with Gasteiger partial charge >= 0.3 is 0 Å². The number of aliphatic hydroxyl groups is 1. The van der Waals surface area contributed by atoms with Crippen LogP contribution in [0.3, 0.4) is 0 Å². The Morgan fingerprint density at radius 1 is 1.33 bits per heavy atom. The summed E-state index contributed by atoms with van der Waals surface area (Å²) in [4.78, 5) is 4.38. The predicted molar refractivity (Wildman–Crippen MR) is 84.1 cm³/mol. The number of rotatable bonds is 4. The molecule has 4 nitrogen and oxygen atoms in total. The molecule has 2 atom stereocenters. The van der Waals surface area contributed by atoms with E-state index < -0.39 is 0 Å². The summed E-state index contributed by atoms with van der Waals surface area (Å²) >= 11 is 0. The van der Waals surface area contributed by atoms with Crippen molar-refractivity contribution in [3.05, 3.63) is 23.5 Å². The smallest absolute Gasteiger partial charge is 0.138 e. The number of hydrogen-bond acceptors (Lipinski definition) is 4. The van der Waals surface area contributed by atoms with E-state index in [0.29, 0.717) is 18.2 Å². The van der Waals surface area contributed by atoms with Crippen molar-refractivity contribution in [2.24, 2.45) is 11.3 Å². The summed E-state index contributed by atoms with van der Waals surface area (Å²) in [6.45, 7) is 9.28. The van der Waals surface area contributed by atoms with Crippen molar-refractivity contribution < 1.29 is 10.2 Å². The fourth-order valence-electron chi connectivity index (χ4n) is 4.06. The van der Waals surface area contributed by atoms with Gasteiger partial charge in [-0.2, -0.15) is 0 Å². The van der Waals surface area contributed by atoms with E-state index in [1.54, 1.807) is 12.1 Å². The lowest BCUT2D eigenvalue weighted by Gasteiger charge is -2.47. The molecule has 1 heterocycles. The molecule has 0 amide bonds. The highest BCUT2D eigenvalue weighted by Crippen LogP contribution is 2.43. The van der Waals surface area contributed by atoms with E-state index in [-0.39, 0.29) is 23.3 Å². The lowest BCUT2D eigenvalue weighted by molar-refractivity contribution is 0.0349. The molecular weight excluding hydrogens is 264 g/mol. The Labute approximate surface area is 127 Å². The second-order valence-electron chi connectivity index (χ2n) is 7.56. The van der Waals surface area contributed by atoms with Crippen LogP contribution in [0.1, 0.15) is 51.4 Å². The minimum Gasteiger partial charge on any atom is -0.506 e. The minimum absolute atomic E-state index is 0.118. The third-order valence-corrected chi connectivity index (χ3v) is 4.48. The van der Waals surface area contributed by atoms with Gasteiger partial charge in [-0.3, -0.25) is 4.98 Å². The molecule has 1 aromatic rings. The number of hydrogen-bond donors (Lipinski definition) is 3. The standard InChI is InChI=1S/C17H28N2O2/c1-12-7-16(3,4)10-17(8-12,11-20)18-9-14-15(21)6-5-13(2)19-14/h5-6,12,18,20-21H,7-11H2,1-4H3. The van der Waals surface area contributed by atoms with Crippen LogP contribution >= 0.6 is 0 Å². The maximum atomic E-state index is 9.95. The van der Waals surface area contributed by atoms with E-state index in [1.165, 1.54) is 6.42 Å². The third kappa shape index (κ3) is 3.95. The first-order valence-corrected chi connectivity index (χ1v) is 7.77. The van der Waals surface area contributed by atoms with Crippen LogP contribution in [0.2, 0.25) is 0 Å². The summed E-state index contributed by atoms with van der Waals surface area (Å²) < 4.78 is 0. The zero-order chi connectivity index (χ0) is 15.7. The summed E-state index contributed by atoms with van der Waals surface area (Å²) in [5, 5.41) is 23.3. The van der Waals surface area contributed by atoms with Crippen LogP contribution < -0.4 is 5.32 Å². The Bertz CT molecular complexity index is 502. The maximum absolute atomic E-state index is 9.95. The van der Waals surface area contributed by atoms with Crippen LogP contribution in [-0.4, -0.2) is 27.3 Å². The summed E-state index contributed by atoms with van der Waals surface area (Å²) in [5.74, 6) is 0.789. The van der Waals surface area contributed by atoms with E-state index in [9.17, 15) is 10.2 Å². The van der Waals surface area contributed by atoms with Crippen LogP contribution in [-0.2, 0) is 6.54 Å². The number of aromatic nitrogens is 1. The second kappa shape index (κ2) is 5.93. The molecule has 2 rings (SSSR count). The highest BCUT2D eigenvalue weighted by atomic mass is 16.3. The summed E-state index contributed by atoms with van der Waals surface area (Å²) in [6.07, 6.45) is 3.08. The maximum Gasteiger partial charge on any atom is 0.138 e. The molecule has 0 bridgehead atoms. The molecule has 0 aliphatic heterocycles. The average Bonchev–Trinajstić information content (AvgIpc) is 2.37. The van der Waals surface area contributed by atoms with Gasteiger partial charge in [0.05, 0.1) is 12.3 Å². The SMILES string of the molecule is Cc1ccc(O)c(CNC2(CO)CC(C)CC(C)(C)C2)n1. The molecule has 0 radical (unpaired) electrons. The zero-order valence-electron chi connectivity index (χ0n) is 13.6. The van der Waals surface area contributed by atoms with Gasteiger partial charge in [-0.1, -0.05) is 20.8 Å². The van der Waals surface area contributed by atoms with Crippen LogP contribution in [0.15, 0.2) is 12.1 Å². The van der Waals surface area contributed by atoms with Crippen LogP contribution in [0, 0.1) is 18.3 Å². The molecule has 118 valence electrons. The lowest BCUT2D eigenvalue weighted by Crippen LogP contribution is -2.54. The van der Waals surface area contributed by atoms with E-state index in [0.717, 1.165) is 18.5 Å². The van der Waals surface area contributed by atoms with E-state index in [2.05, 4.69) is 31.1 Å². The lowest BCUT2D eigenvalue weighted by atomic mass is 9.64. The first-order chi connectivity index (χ1) is 9.75. The Kier molecular flexibility index (Phi) is 4.59. The molecule has 1 saturated carbocycles. The first-order valence-electron chi connectivity index (χ1n) is 7.77. The predicted octanol–water partition coefficient (Wildman–Crippen LogP) is 2.76. The molecule has 3 N–H and O–H groups in total. The number of aliphatic hydroxyl groups excluding tert-OH is 1. The minimum atomic E-state index is -0.279. The van der Waals surface area contributed by atoms with E-state index in [1.807, 2.05) is 6.92 Å². The number of pyridine rings is 1. The number of aromatic hydroxyl groups is 1. The van der Waals surface area contributed by atoms with Gasteiger partial charge in [-0.05, 0) is 49.7 Å². The number of aryl methyl sites for hydroxylation is 1. The van der Waals surface area contributed by atoms with Crippen molar-refractivity contribution in [1.82, 2.24) is 10.3 Å². The molecule has 1 aromatic heterocycles. The van der Waals surface area contributed by atoms with Crippen molar-refractivity contribution >= 4 is 0 Å². The third-order valence-electron chi connectivity index (χ3n) is 4.48. The fourth-order valence-corrected chi connectivity index (χ4v) is 4.06. The van der Waals surface area contributed by atoms with Gasteiger partial charge in [-0.25, -0.2) is 0 Å². The number of nitrogens with one attached hydrogen (secondary N) is 1. The molecule has 0 spiro atoms. The first kappa shape index (κ1) is 16.2. The van der Waals surface area contributed by atoms with Gasteiger partial charge in [0.1, 0.15) is 5.75 Å². The zero-order valence-corrected chi connectivity index (χ0v) is 13.6. The van der Waals surface area contributed by atoms with Gasteiger partial charge in [0.2, 0.25) is 0 Å². The van der Waals surface area contributed by atoms with E-state index >= 15 is 0 Å². The van der Waals surface area contributed by atoms with Gasteiger partial charge < -0.3 is 15.5 Å². The van der Waals surface area contributed by atoms with E-state index in [4.69, 9.17) is 0 Å². The van der Waals surface area contributed by atoms with Crippen LogP contribution in [0.25, 0.3) is 0 Å². The molecule has 1 aliphatic carbocycles. The normalized spacial score (nSPS) is 28.5. The Balaban J connectivity index is 2.13. The Morgan fingerprint density at radius 3 is 2.67 bits per heavy atom. The summed E-state index contributed by atoms with van der Waals surface area (Å²) in [7, 11) is 0. The molecule has 4 heteroatoms. The van der Waals surface area contributed by atoms with Crippen molar-refractivity contribution in [3.8, 4) is 5.75 Å². The number of nitrogens with zero attached hydrogens (tertiary/aromatic N) is 1. The van der Waals surface area contributed by atoms with Crippen molar-refractivity contribution in [2.75, 3.05) is 6.61 Å². The highest BCUT2D eigenvalue weighted by Gasteiger charge is 2.42. The largest absolute Gasteiger partial charge is 0.506 e. The van der Waals surface area contributed by atoms with Crippen molar-refractivity contribution in [1.29, 1.82) is 0 Å². The molecule has 21 heavy (non-hydrogen) atoms. The highest BCUT2D eigenvalue weighted by molar-refractivity contribution is 5.27. The monoisotopic (exact) mass is 292 g/mol. The fraction of sp³-hybridized carbons (Fsp3) is 0.706. The van der Waals surface area contributed by atoms with Crippen molar-refractivity contribution in [3.63, 3.8) is 0 Å². The molecular formula is C17H28N2O2. The van der Waals surface area contributed by atoms with Gasteiger partial charge in [-0.15, -0.1) is 0 Å². The summed E-state index contributed by atoms with van der Waals surface area (Å²) in [5.41, 5.74) is 1.48. The molecule has 0 saturated heterocycles. The van der Waals surface area contributed by atoms with Crippen LogP contribution in [0.4, 0.5) is 0 Å². The topological polar surface area (TPSA) is 65.4 Å². The quantitative estimate of drug-likeness (QED) is 0.798. The molecule has 1 aliphatic rings. The van der Waals surface area contributed by atoms with Gasteiger partial charge in [0.25, 0.3) is 0 Å². The van der Waals surface area contributed by atoms with Gasteiger partial charge in [0.15, 0.2) is 0 Å². The average molecular weight is 292 g/mol.